The minimum Gasteiger partial charge on any atom is -0.466 e. The van der Waals surface area contributed by atoms with E-state index < -0.39 is 0 Å². The van der Waals surface area contributed by atoms with Crippen LogP contribution in [-0.4, -0.2) is 28.2 Å². The first-order valence-corrected chi connectivity index (χ1v) is 6.45. The van der Waals surface area contributed by atoms with Crippen LogP contribution in [0.15, 0.2) is 24.3 Å². The van der Waals surface area contributed by atoms with E-state index in [2.05, 4.69) is 20.5 Å². The lowest BCUT2D eigenvalue weighted by Crippen LogP contribution is -2.11. The molecule has 2 aromatic heterocycles. The van der Waals surface area contributed by atoms with E-state index in [4.69, 9.17) is 4.74 Å². The van der Waals surface area contributed by atoms with Crippen LogP contribution in [0.25, 0.3) is 10.1 Å². The van der Waals surface area contributed by atoms with E-state index in [1.165, 1.54) is 30.6 Å². The number of benzene rings is 1. The Bertz CT molecular complexity index is 783. The van der Waals surface area contributed by atoms with Crippen LogP contribution >= 0.6 is 11.3 Å². The van der Waals surface area contributed by atoms with Crippen molar-refractivity contribution in [2.24, 2.45) is 0 Å². The molecule has 0 spiro atoms. The molecule has 3 rings (SSSR count). The topological polar surface area (TPSA) is 79.9 Å². The van der Waals surface area contributed by atoms with Crippen molar-refractivity contribution >= 4 is 33.3 Å². The molecule has 1 aromatic carbocycles. The molecule has 3 aromatic rings. The third-order valence-corrected chi connectivity index (χ3v) is 3.71. The molecule has 0 saturated heterocycles. The van der Waals surface area contributed by atoms with Crippen molar-refractivity contribution in [3.63, 3.8) is 0 Å². The largest absolute Gasteiger partial charge is 0.466 e. The molecule has 0 aliphatic heterocycles. The van der Waals surface area contributed by atoms with E-state index >= 15 is 0 Å². The molecule has 6 nitrogen and oxygen atoms in total. The molecular formula is C12H9FN4O2S. The predicted octanol–water partition coefficient (Wildman–Crippen LogP) is 2.42. The van der Waals surface area contributed by atoms with Gasteiger partial charge in [-0.3, -0.25) is 10.1 Å². The maximum atomic E-state index is 13.6. The fourth-order valence-electron chi connectivity index (χ4n) is 1.70. The molecule has 2 heterocycles. The van der Waals surface area contributed by atoms with Crippen LogP contribution in [0.3, 0.4) is 0 Å². The second kappa shape index (κ2) is 4.89. The Labute approximate surface area is 116 Å². The third-order valence-electron chi connectivity index (χ3n) is 2.61. The molecule has 2 N–H and O–H groups in total. The van der Waals surface area contributed by atoms with Crippen LogP contribution < -0.4 is 10.1 Å². The zero-order valence-corrected chi connectivity index (χ0v) is 11.1. The Hall–Kier alpha value is -2.48. The molecule has 0 bridgehead atoms. The number of halogens is 1. The number of hydrogen-bond acceptors (Lipinski definition) is 5. The molecule has 0 fully saturated rings. The second-order valence-electron chi connectivity index (χ2n) is 3.89. The van der Waals surface area contributed by atoms with E-state index in [-0.39, 0.29) is 23.7 Å². The SMILES string of the molecule is COc1n[nH]c(NC(=O)c2cc3c(F)cccc3s2)n1. The zero-order chi connectivity index (χ0) is 14.1. The molecule has 0 aliphatic rings. The number of nitrogens with zero attached hydrogens (tertiary/aromatic N) is 2. The number of hydrogen-bond donors (Lipinski definition) is 2. The van der Waals surface area contributed by atoms with Crippen molar-refractivity contribution in [1.82, 2.24) is 15.2 Å². The fraction of sp³-hybridized carbons (Fsp3) is 0.0833. The number of amides is 1. The summed E-state index contributed by atoms with van der Waals surface area (Å²) in [5.41, 5.74) is 0. The van der Waals surface area contributed by atoms with Gasteiger partial charge in [0, 0.05) is 10.1 Å². The van der Waals surface area contributed by atoms with Gasteiger partial charge in [0.2, 0.25) is 5.95 Å². The average molecular weight is 292 g/mol. The van der Waals surface area contributed by atoms with Crippen LogP contribution in [0.2, 0.25) is 0 Å². The van der Waals surface area contributed by atoms with Crippen LogP contribution in [-0.2, 0) is 0 Å². The van der Waals surface area contributed by atoms with Crippen molar-refractivity contribution < 1.29 is 13.9 Å². The Kier molecular flexibility index (Phi) is 3.07. The Morgan fingerprint density at radius 3 is 3.05 bits per heavy atom. The third kappa shape index (κ3) is 2.21. The minimum absolute atomic E-state index is 0.127. The van der Waals surface area contributed by atoms with Crippen LogP contribution in [0.1, 0.15) is 9.67 Å². The summed E-state index contributed by atoms with van der Waals surface area (Å²) in [5.74, 6) is -0.562. The number of methoxy groups -OCH3 is 1. The fourth-order valence-corrected chi connectivity index (χ4v) is 2.67. The van der Waals surface area contributed by atoms with Gasteiger partial charge in [0.15, 0.2) is 0 Å². The van der Waals surface area contributed by atoms with Gasteiger partial charge >= 0.3 is 6.01 Å². The van der Waals surface area contributed by atoms with Crippen molar-refractivity contribution in [3.8, 4) is 6.01 Å². The molecular weight excluding hydrogens is 283 g/mol. The highest BCUT2D eigenvalue weighted by molar-refractivity contribution is 7.20. The number of aromatic nitrogens is 3. The molecule has 0 saturated carbocycles. The number of carbonyl (C=O) groups is 1. The van der Waals surface area contributed by atoms with Gasteiger partial charge in [-0.1, -0.05) is 6.07 Å². The van der Waals surface area contributed by atoms with Crippen LogP contribution in [0.5, 0.6) is 6.01 Å². The quantitative estimate of drug-likeness (QED) is 0.777. The number of rotatable bonds is 3. The highest BCUT2D eigenvalue weighted by Gasteiger charge is 2.14. The molecule has 8 heteroatoms. The monoisotopic (exact) mass is 292 g/mol. The molecule has 0 atom stereocenters. The summed E-state index contributed by atoms with van der Waals surface area (Å²) < 4.78 is 19.1. The van der Waals surface area contributed by atoms with Crippen molar-refractivity contribution in [2.45, 2.75) is 0 Å². The van der Waals surface area contributed by atoms with Crippen LogP contribution in [0, 0.1) is 5.82 Å². The number of thiophene rings is 1. The number of anilines is 1. The Morgan fingerprint density at radius 1 is 1.50 bits per heavy atom. The summed E-state index contributed by atoms with van der Waals surface area (Å²) in [6, 6.07) is 6.37. The molecule has 20 heavy (non-hydrogen) atoms. The highest BCUT2D eigenvalue weighted by Crippen LogP contribution is 2.28. The van der Waals surface area contributed by atoms with Gasteiger partial charge in [-0.05, 0) is 18.2 Å². The summed E-state index contributed by atoms with van der Waals surface area (Å²) in [4.78, 5) is 16.3. The van der Waals surface area contributed by atoms with Gasteiger partial charge in [-0.15, -0.1) is 16.4 Å². The maximum absolute atomic E-state index is 13.6. The predicted molar refractivity (Wildman–Crippen MR) is 72.7 cm³/mol. The van der Waals surface area contributed by atoms with E-state index in [9.17, 15) is 9.18 Å². The number of aromatic amines is 1. The number of H-pyrrole nitrogens is 1. The summed E-state index contributed by atoms with van der Waals surface area (Å²) >= 11 is 1.21. The average Bonchev–Trinajstić information content (AvgIpc) is 3.05. The Balaban J connectivity index is 1.86. The lowest BCUT2D eigenvalue weighted by Gasteiger charge is -1.96. The normalized spacial score (nSPS) is 10.7. The molecule has 0 aliphatic carbocycles. The molecule has 1 amide bonds. The second-order valence-corrected chi connectivity index (χ2v) is 4.97. The number of carbonyl (C=O) groups excluding carboxylic acids is 1. The summed E-state index contributed by atoms with van der Waals surface area (Å²) in [6.07, 6.45) is 0. The first kappa shape index (κ1) is 12.5. The number of fused-ring (bicyclic) bond motifs is 1. The summed E-state index contributed by atoms with van der Waals surface area (Å²) in [5, 5.41) is 9.19. The Morgan fingerprint density at radius 2 is 2.35 bits per heavy atom. The first-order valence-electron chi connectivity index (χ1n) is 5.63. The van der Waals surface area contributed by atoms with Gasteiger partial charge in [0.05, 0.1) is 12.0 Å². The van der Waals surface area contributed by atoms with Gasteiger partial charge in [-0.2, -0.15) is 4.98 Å². The lowest BCUT2D eigenvalue weighted by molar-refractivity contribution is 0.103. The minimum atomic E-state index is -0.385. The number of nitrogens with one attached hydrogen (secondary N) is 2. The summed E-state index contributed by atoms with van der Waals surface area (Å²) in [7, 11) is 1.42. The van der Waals surface area contributed by atoms with E-state index in [0.29, 0.717) is 15.0 Å². The maximum Gasteiger partial charge on any atom is 0.336 e. The number of ether oxygens (including phenoxy) is 1. The first-order chi connectivity index (χ1) is 9.67. The standard InChI is InChI=1S/C12H9FN4O2S/c1-19-12-15-11(16-17-12)14-10(18)9-5-6-7(13)3-2-4-8(6)20-9/h2-5H,1H3,(H2,14,15,16,17,18). The van der Waals surface area contributed by atoms with Gasteiger partial charge in [0.1, 0.15) is 5.82 Å². The van der Waals surface area contributed by atoms with E-state index in [1.807, 2.05) is 0 Å². The van der Waals surface area contributed by atoms with Crippen molar-refractivity contribution in [3.05, 3.63) is 35.0 Å². The molecule has 102 valence electrons. The lowest BCUT2D eigenvalue weighted by atomic mass is 10.2. The zero-order valence-electron chi connectivity index (χ0n) is 10.3. The van der Waals surface area contributed by atoms with Crippen molar-refractivity contribution in [2.75, 3.05) is 12.4 Å². The van der Waals surface area contributed by atoms with E-state index in [0.717, 1.165) is 0 Å². The van der Waals surface area contributed by atoms with Crippen molar-refractivity contribution in [1.29, 1.82) is 0 Å². The van der Waals surface area contributed by atoms with Gasteiger partial charge in [-0.25, -0.2) is 9.49 Å². The van der Waals surface area contributed by atoms with Crippen LogP contribution in [0.4, 0.5) is 10.3 Å². The van der Waals surface area contributed by atoms with Gasteiger partial charge < -0.3 is 4.74 Å². The van der Waals surface area contributed by atoms with E-state index in [1.54, 1.807) is 12.1 Å². The van der Waals surface area contributed by atoms with Gasteiger partial charge in [0.25, 0.3) is 5.91 Å². The molecule has 0 radical (unpaired) electrons. The smallest absolute Gasteiger partial charge is 0.336 e. The summed E-state index contributed by atoms with van der Waals surface area (Å²) in [6.45, 7) is 0. The molecule has 0 unspecified atom stereocenters. The highest BCUT2D eigenvalue weighted by atomic mass is 32.1.